The highest BCUT2D eigenvalue weighted by Crippen LogP contribution is 2.47. The van der Waals surface area contributed by atoms with Crippen LogP contribution in [0.1, 0.15) is 26.7 Å². The Hall–Kier alpha value is -1.34. The lowest BCUT2D eigenvalue weighted by atomic mass is 10.2. The first-order valence-electron chi connectivity index (χ1n) is 6.49. The Morgan fingerprint density at radius 1 is 0.667 bits per heavy atom. The molecule has 10 heteroatoms. The largest absolute Gasteiger partial charge is 0.323 e. The number of hydrogen-bond acceptors (Lipinski definition) is 4. The standard InChI is InChI=1S/C14H12Cl4N2O4/c1-5(21)3-7(23)19-13-9(15)11(17)14(12(18)10(13)16)20-8(24)4-6(2)22/h3-4H2,1-2H3,(H,19,23)(H,20,24). The van der Waals surface area contributed by atoms with Gasteiger partial charge in [-0.05, 0) is 13.8 Å². The quantitative estimate of drug-likeness (QED) is 0.541. The molecule has 0 aliphatic rings. The van der Waals surface area contributed by atoms with Crippen molar-refractivity contribution in [3.8, 4) is 0 Å². The van der Waals surface area contributed by atoms with Crippen molar-refractivity contribution in [1.29, 1.82) is 0 Å². The van der Waals surface area contributed by atoms with Crippen LogP contribution in [0.2, 0.25) is 20.1 Å². The summed E-state index contributed by atoms with van der Waals surface area (Å²) in [7, 11) is 0. The van der Waals surface area contributed by atoms with Crippen LogP contribution in [0.5, 0.6) is 0 Å². The van der Waals surface area contributed by atoms with Gasteiger partial charge in [0.15, 0.2) is 0 Å². The molecule has 0 fully saturated rings. The van der Waals surface area contributed by atoms with E-state index < -0.39 is 11.8 Å². The number of carbonyl (C=O) groups excluding carboxylic acids is 4. The molecule has 2 amide bonds. The van der Waals surface area contributed by atoms with E-state index in [-0.39, 0.29) is 55.9 Å². The number of rotatable bonds is 6. The predicted molar refractivity (Wildman–Crippen MR) is 94.3 cm³/mol. The van der Waals surface area contributed by atoms with Crippen LogP contribution in [0.4, 0.5) is 11.4 Å². The van der Waals surface area contributed by atoms with Crippen molar-refractivity contribution >= 4 is 81.2 Å². The summed E-state index contributed by atoms with van der Waals surface area (Å²) in [4.78, 5) is 45.3. The summed E-state index contributed by atoms with van der Waals surface area (Å²) >= 11 is 24.2. The number of anilines is 2. The average Bonchev–Trinajstić information content (AvgIpc) is 2.44. The van der Waals surface area contributed by atoms with E-state index in [4.69, 9.17) is 46.4 Å². The fourth-order valence-corrected chi connectivity index (χ4v) is 2.71. The molecule has 1 aromatic rings. The molecule has 0 atom stereocenters. The van der Waals surface area contributed by atoms with Crippen LogP contribution in [0.3, 0.4) is 0 Å². The molecule has 0 aliphatic heterocycles. The molecule has 0 radical (unpaired) electrons. The lowest BCUT2D eigenvalue weighted by Crippen LogP contribution is -2.17. The number of hydrogen-bond donors (Lipinski definition) is 2. The number of ketones is 2. The molecule has 0 saturated heterocycles. The lowest BCUT2D eigenvalue weighted by Gasteiger charge is -2.16. The summed E-state index contributed by atoms with van der Waals surface area (Å²) < 4.78 is 0. The molecule has 130 valence electrons. The molecule has 0 unspecified atom stereocenters. The Labute approximate surface area is 157 Å². The van der Waals surface area contributed by atoms with E-state index in [9.17, 15) is 19.2 Å². The molecular weight excluding hydrogens is 402 g/mol. The van der Waals surface area contributed by atoms with Crippen LogP contribution >= 0.6 is 46.4 Å². The normalized spacial score (nSPS) is 10.2. The Morgan fingerprint density at radius 3 is 1.12 bits per heavy atom. The van der Waals surface area contributed by atoms with Gasteiger partial charge in [-0.15, -0.1) is 0 Å². The van der Waals surface area contributed by atoms with Gasteiger partial charge >= 0.3 is 0 Å². The van der Waals surface area contributed by atoms with E-state index in [0.717, 1.165) is 0 Å². The van der Waals surface area contributed by atoms with Crippen LogP contribution in [0, 0.1) is 0 Å². The van der Waals surface area contributed by atoms with Gasteiger partial charge in [0.2, 0.25) is 11.8 Å². The lowest BCUT2D eigenvalue weighted by molar-refractivity contribution is -0.125. The van der Waals surface area contributed by atoms with Gasteiger partial charge in [-0.25, -0.2) is 0 Å². The van der Waals surface area contributed by atoms with E-state index in [1.54, 1.807) is 0 Å². The first kappa shape index (κ1) is 20.7. The summed E-state index contributed by atoms with van der Waals surface area (Å²) in [6, 6.07) is 0. The Kier molecular flexibility index (Phi) is 7.48. The molecule has 0 aromatic heterocycles. The van der Waals surface area contributed by atoms with Gasteiger partial charge in [0, 0.05) is 0 Å². The zero-order valence-corrected chi connectivity index (χ0v) is 15.6. The third-order valence-electron chi connectivity index (χ3n) is 2.61. The third-order valence-corrected chi connectivity index (χ3v) is 4.32. The molecule has 1 aromatic carbocycles. The fourth-order valence-electron chi connectivity index (χ4n) is 1.67. The van der Waals surface area contributed by atoms with Crippen molar-refractivity contribution in [2.24, 2.45) is 0 Å². The highest BCUT2D eigenvalue weighted by molar-refractivity contribution is 6.53. The van der Waals surface area contributed by atoms with Crippen LogP contribution in [0.15, 0.2) is 0 Å². The average molecular weight is 414 g/mol. The fraction of sp³-hybridized carbons (Fsp3) is 0.286. The number of benzene rings is 1. The van der Waals surface area contributed by atoms with Gasteiger partial charge in [-0.1, -0.05) is 46.4 Å². The summed E-state index contributed by atoms with van der Waals surface area (Å²) in [6.07, 6.45) is -0.752. The van der Waals surface area contributed by atoms with Crippen molar-refractivity contribution in [3.05, 3.63) is 20.1 Å². The van der Waals surface area contributed by atoms with Gasteiger partial charge in [-0.2, -0.15) is 0 Å². The Balaban J connectivity index is 3.20. The minimum atomic E-state index is -0.646. The molecule has 0 heterocycles. The van der Waals surface area contributed by atoms with E-state index in [2.05, 4.69) is 10.6 Å². The molecule has 0 aliphatic carbocycles. The molecule has 0 saturated carbocycles. The van der Waals surface area contributed by atoms with E-state index in [1.165, 1.54) is 13.8 Å². The second-order valence-corrected chi connectivity index (χ2v) is 6.37. The third kappa shape index (κ3) is 5.34. The maximum atomic E-state index is 11.7. The van der Waals surface area contributed by atoms with E-state index in [0.29, 0.717) is 0 Å². The summed E-state index contributed by atoms with van der Waals surface area (Å²) in [5.41, 5.74) is -0.159. The van der Waals surface area contributed by atoms with Gasteiger partial charge in [0.05, 0.1) is 44.3 Å². The number of halogens is 4. The number of carbonyl (C=O) groups is 4. The Bertz CT molecular complexity index is 644. The number of Topliss-reactive ketones (excluding diaryl/α,β-unsaturated/α-hetero) is 2. The smallest absolute Gasteiger partial charge is 0.231 e. The first-order valence-corrected chi connectivity index (χ1v) is 8.00. The van der Waals surface area contributed by atoms with Crippen LogP contribution < -0.4 is 10.6 Å². The number of amides is 2. The van der Waals surface area contributed by atoms with E-state index >= 15 is 0 Å². The van der Waals surface area contributed by atoms with Crippen LogP contribution in [-0.4, -0.2) is 23.4 Å². The second-order valence-electron chi connectivity index (χ2n) is 4.86. The predicted octanol–water partition coefficient (Wildman–Crippen LogP) is 4.14. The maximum absolute atomic E-state index is 11.7. The van der Waals surface area contributed by atoms with Crippen LogP contribution in [0.25, 0.3) is 0 Å². The maximum Gasteiger partial charge on any atom is 0.231 e. The monoisotopic (exact) mass is 412 g/mol. The van der Waals surface area contributed by atoms with E-state index in [1.807, 2.05) is 0 Å². The minimum absolute atomic E-state index is 0.0795. The van der Waals surface area contributed by atoms with Gasteiger partial charge in [0.1, 0.15) is 11.6 Å². The minimum Gasteiger partial charge on any atom is -0.323 e. The topological polar surface area (TPSA) is 92.3 Å². The zero-order chi connectivity index (χ0) is 18.6. The van der Waals surface area contributed by atoms with Crippen molar-refractivity contribution in [2.75, 3.05) is 10.6 Å². The van der Waals surface area contributed by atoms with Gasteiger partial charge in [0.25, 0.3) is 0 Å². The second kappa shape index (κ2) is 8.67. The highest BCUT2D eigenvalue weighted by Gasteiger charge is 2.23. The zero-order valence-electron chi connectivity index (χ0n) is 12.6. The molecule has 0 bridgehead atoms. The summed E-state index contributed by atoms with van der Waals surface area (Å²) in [5, 5.41) is 4.03. The summed E-state index contributed by atoms with van der Waals surface area (Å²) in [5.74, 6) is -2.01. The van der Waals surface area contributed by atoms with Gasteiger partial charge < -0.3 is 10.6 Å². The van der Waals surface area contributed by atoms with Crippen molar-refractivity contribution in [1.82, 2.24) is 0 Å². The Morgan fingerprint density at radius 2 is 0.917 bits per heavy atom. The molecule has 0 spiro atoms. The SMILES string of the molecule is CC(=O)CC(=O)Nc1c(Cl)c(Cl)c(NC(=O)CC(C)=O)c(Cl)c1Cl. The van der Waals surface area contributed by atoms with Crippen molar-refractivity contribution in [3.63, 3.8) is 0 Å². The van der Waals surface area contributed by atoms with Crippen molar-refractivity contribution < 1.29 is 19.2 Å². The molecule has 24 heavy (non-hydrogen) atoms. The van der Waals surface area contributed by atoms with Gasteiger partial charge in [-0.3, -0.25) is 19.2 Å². The van der Waals surface area contributed by atoms with Crippen LogP contribution in [-0.2, 0) is 19.2 Å². The van der Waals surface area contributed by atoms with Crippen molar-refractivity contribution in [2.45, 2.75) is 26.7 Å². The highest BCUT2D eigenvalue weighted by atomic mass is 35.5. The molecule has 6 nitrogen and oxygen atoms in total. The number of nitrogens with one attached hydrogen (secondary N) is 2. The molecule has 2 N–H and O–H groups in total. The molecular formula is C14H12Cl4N2O4. The molecule has 1 rings (SSSR count). The summed E-state index contributed by atoms with van der Waals surface area (Å²) in [6.45, 7) is 2.49. The first-order chi connectivity index (χ1) is 11.0.